The van der Waals surface area contributed by atoms with E-state index >= 15 is 0 Å². The van der Waals surface area contributed by atoms with E-state index in [9.17, 15) is 4.79 Å². The van der Waals surface area contributed by atoms with Crippen LogP contribution in [-0.2, 0) is 12.8 Å². The quantitative estimate of drug-likeness (QED) is 0.816. The summed E-state index contributed by atoms with van der Waals surface area (Å²) < 4.78 is 0. The Kier molecular flexibility index (Phi) is 4.97. The number of hydrogen-bond donors (Lipinski definition) is 1. The van der Waals surface area contributed by atoms with Gasteiger partial charge in [0.2, 0.25) is 0 Å². The molecule has 0 aliphatic heterocycles. The van der Waals surface area contributed by atoms with Crippen molar-refractivity contribution < 1.29 is 4.79 Å². The number of carbonyl (C=O) groups excluding carboxylic acids is 1. The second kappa shape index (κ2) is 6.95. The van der Waals surface area contributed by atoms with Gasteiger partial charge in [-0.1, -0.05) is 20.3 Å². The Morgan fingerprint density at radius 2 is 2.09 bits per heavy atom. The molecule has 1 fully saturated rings. The number of amides is 1. The molecule has 1 N–H and O–H groups in total. The van der Waals surface area contributed by atoms with Crippen LogP contribution in [0.4, 0.5) is 0 Å². The van der Waals surface area contributed by atoms with E-state index in [1.807, 2.05) is 0 Å². The van der Waals surface area contributed by atoms with Crippen LogP contribution < -0.4 is 5.43 Å². The first-order valence-electron chi connectivity index (χ1n) is 8.63. The summed E-state index contributed by atoms with van der Waals surface area (Å²) in [5.41, 5.74) is 5.32. The highest BCUT2D eigenvalue weighted by Gasteiger charge is 2.22. The zero-order valence-corrected chi connectivity index (χ0v) is 14.5. The summed E-state index contributed by atoms with van der Waals surface area (Å²) in [6.45, 7) is 4.55. The molecule has 1 heterocycles. The number of fused-ring (bicyclic) bond motifs is 1. The first-order chi connectivity index (χ1) is 10.7. The summed E-state index contributed by atoms with van der Waals surface area (Å²) in [6.07, 6.45) is 9.23. The molecule has 1 aromatic rings. The maximum Gasteiger partial charge on any atom is 0.281 e. The highest BCUT2D eigenvalue weighted by molar-refractivity contribution is 7.14. The molecule has 1 saturated carbocycles. The molecule has 4 heteroatoms. The molecule has 22 heavy (non-hydrogen) atoms. The van der Waals surface area contributed by atoms with Crippen LogP contribution >= 0.6 is 11.3 Å². The Hall–Kier alpha value is -1.16. The molecule has 1 aromatic heterocycles. The van der Waals surface area contributed by atoms with E-state index in [-0.39, 0.29) is 5.91 Å². The Morgan fingerprint density at radius 1 is 1.32 bits per heavy atom. The Morgan fingerprint density at radius 3 is 2.82 bits per heavy atom. The minimum absolute atomic E-state index is 0.0291. The number of aryl methyl sites for hydroxylation is 1. The first-order valence-corrected chi connectivity index (χ1v) is 9.44. The Balaban J connectivity index is 1.61. The van der Waals surface area contributed by atoms with Crippen LogP contribution in [0.15, 0.2) is 11.2 Å². The van der Waals surface area contributed by atoms with Crippen molar-refractivity contribution in [2.24, 2.45) is 16.9 Å². The van der Waals surface area contributed by atoms with E-state index in [0.717, 1.165) is 48.1 Å². The Labute approximate surface area is 137 Å². The van der Waals surface area contributed by atoms with Crippen LogP contribution in [0.25, 0.3) is 0 Å². The van der Waals surface area contributed by atoms with Gasteiger partial charge in [-0.05, 0) is 68.4 Å². The van der Waals surface area contributed by atoms with Crippen LogP contribution in [0.5, 0.6) is 0 Å². The van der Waals surface area contributed by atoms with Crippen molar-refractivity contribution in [3.05, 3.63) is 21.4 Å². The van der Waals surface area contributed by atoms with Crippen LogP contribution in [0.3, 0.4) is 0 Å². The molecule has 3 rings (SSSR count). The summed E-state index contributed by atoms with van der Waals surface area (Å²) in [5, 5.41) is 4.36. The molecule has 1 atom stereocenters. The van der Waals surface area contributed by atoms with Crippen molar-refractivity contribution in [1.82, 2.24) is 5.43 Å². The minimum atomic E-state index is -0.0291. The fourth-order valence-electron chi connectivity index (χ4n) is 3.45. The van der Waals surface area contributed by atoms with E-state index in [1.54, 1.807) is 11.3 Å². The normalized spacial score (nSPS) is 24.7. The highest BCUT2D eigenvalue weighted by atomic mass is 32.1. The summed E-state index contributed by atoms with van der Waals surface area (Å²) in [7, 11) is 0. The van der Waals surface area contributed by atoms with Gasteiger partial charge in [0.05, 0.1) is 4.88 Å². The van der Waals surface area contributed by atoms with E-state index in [4.69, 9.17) is 0 Å². The third-order valence-corrected chi connectivity index (χ3v) is 6.39. The van der Waals surface area contributed by atoms with Gasteiger partial charge in [-0.25, -0.2) is 5.43 Å². The van der Waals surface area contributed by atoms with Gasteiger partial charge in [-0.15, -0.1) is 11.3 Å². The topological polar surface area (TPSA) is 41.5 Å². The van der Waals surface area contributed by atoms with Gasteiger partial charge < -0.3 is 0 Å². The van der Waals surface area contributed by atoms with Crippen LogP contribution in [0, 0.1) is 11.8 Å². The van der Waals surface area contributed by atoms with Crippen molar-refractivity contribution in [1.29, 1.82) is 0 Å². The SMILES string of the molecule is CCC1CCc2sc(C(=O)NN=C3CCC(C)CC3)cc2C1. The lowest BCUT2D eigenvalue weighted by molar-refractivity contribution is 0.0958. The lowest BCUT2D eigenvalue weighted by Gasteiger charge is -2.19. The number of nitrogens with one attached hydrogen (secondary N) is 1. The van der Waals surface area contributed by atoms with Crippen molar-refractivity contribution in [2.75, 3.05) is 0 Å². The average Bonchev–Trinajstić information content (AvgIpc) is 2.97. The molecule has 0 bridgehead atoms. The fraction of sp³-hybridized carbons (Fsp3) is 0.667. The second-order valence-electron chi connectivity index (χ2n) is 6.88. The van der Waals surface area contributed by atoms with Gasteiger partial charge in [-0.2, -0.15) is 5.10 Å². The molecular weight excluding hydrogens is 292 g/mol. The summed E-state index contributed by atoms with van der Waals surface area (Å²) in [5.74, 6) is 1.56. The van der Waals surface area contributed by atoms with Gasteiger partial charge in [0, 0.05) is 10.6 Å². The largest absolute Gasteiger partial charge is 0.281 e. The molecule has 0 saturated heterocycles. The third-order valence-electron chi connectivity index (χ3n) is 5.15. The standard InChI is InChI=1S/C18H26N2OS/c1-3-13-6-9-16-14(10-13)11-17(22-16)18(21)20-19-15-7-4-12(2)5-8-15/h11-13H,3-10H2,1-2H3,(H,20,21). The molecule has 2 aliphatic rings. The zero-order chi connectivity index (χ0) is 15.5. The molecule has 1 unspecified atom stereocenters. The average molecular weight is 318 g/mol. The monoisotopic (exact) mass is 318 g/mol. The minimum Gasteiger partial charge on any atom is -0.266 e. The number of hydrazone groups is 1. The van der Waals surface area contributed by atoms with E-state index in [2.05, 4.69) is 30.4 Å². The number of nitrogens with zero attached hydrogens (tertiary/aromatic N) is 1. The molecule has 1 amide bonds. The summed E-state index contributed by atoms with van der Waals surface area (Å²) in [6, 6.07) is 2.10. The van der Waals surface area contributed by atoms with Crippen LogP contribution in [-0.4, -0.2) is 11.6 Å². The summed E-state index contributed by atoms with van der Waals surface area (Å²) in [4.78, 5) is 14.6. The second-order valence-corrected chi connectivity index (χ2v) is 8.01. The third kappa shape index (κ3) is 3.60. The van der Waals surface area contributed by atoms with Crippen LogP contribution in [0.2, 0.25) is 0 Å². The zero-order valence-electron chi connectivity index (χ0n) is 13.7. The maximum absolute atomic E-state index is 12.3. The van der Waals surface area contributed by atoms with Crippen molar-refractivity contribution >= 4 is 23.0 Å². The molecule has 0 radical (unpaired) electrons. The van der Waals surface area contributed by atoms with E-state index in [0.29, 0.717) is 0 Å². The highest BCUT2D eigenvalue weighted by Crippen LogP contribution is 2.33. The molecule has 0 spiro atoms. The van der Waals surface area contributed by atoms with Crippen LogP contribution in [0.1, 0.15) is 72.5 Å². The van der Waals surface area contributed by atoms with Gasteiger partial charge in [0.25, 0.3) is 5.91 Å². The smallest absolute Gasteiger partial charge is 0.266 e. The van der Waals surface area contributed by atoms with Crippen molar-refractivity contribution in [3.63, 3.8) is 0 Å². The predicted octanol–water partition coefficient (Wildman–Crippen LogP) is 4.56. The number of thiophene rings is 1. The first kappa shape index (κ1) is 15.7. The van der Waals surface area contributed by atoms with E-state index in [1.165, 1.54) is 36.1 Å². The Bertz CT molecular complexity index is 566. The molecule has 2 aliphatic carbocycles. The van der Waals surface area contributed by atoms with Gasteiger partial charge >= 0.3 is 0 Å². The number of carbonyl (C=O) groups is 1. The lowest BCUT2D eigenvalue weighted by atomic mass is 9.87. The van der Waals surface area contributed by atoms with Gasteiger partial charge in [0.15, 0.2) is 0 Å². The fourth-order valence-corrected chi connectivity index (χ4v) is 4.55. The predicted molar refractivity (Wildman–Crippen MR) is 92.7 cm³/mol. The van der Waals surface area contributed by atoms with Gasteiger partial charge in [0.1, 0.15) is 0 Å². The van der Waals surface area contributed by atoms with Crippen molar-refractivity contribution in [2.45, 2.75) is 65.2 Å². The summed E-state index contributed by atoms with van der Waals surface area (Å²) >= 11 is 1.66. The van der Waals surface area contributed by atoms with Crippen molar-refractivity contribution in [3.8, 4) is 0 Å². The molecule has 120 valence electrons. The lowest BCUT2D eigenvalue weighted by Crippen LogP contribution is -2.21. The number of hydrogen-bond acceptors (Lipinski definition) is 3. The number of rotatable bonds is 3. The molecule has 3 nitrogen and oxygen atoms in total. The molecule has 0 aromatic carbocycles. The van der Waals surface area contributed by atoms with E-state index < -0.39 is 0 Å². The van der Waals surface area contributed by atoms with Gasteiger partial charge in [-0.3, -0.25) is 4.79 Å². The maximum atomic E-state index is 12.3. The molecular formula is C18H26N2OS.